The van der Waals surface area contributed by atoms with Gasteiger partial charge in [-0.2, -0.15) is 0 Å². The first-order valence-corrected chi connectivity index (χ1v) is 8.85. The lowest BCUT2D eigenvalue weighted by molar-refractivity contribution is 0.0673. The van der Waals surface area contributed by atoms with Crippen LogP contribution < -0.4 is 10.3 Å². The van der Waals surface area contributed by atoms with Gasteiger partial charge < -0.3 is 18.8 Å². The Hall–Kier alpha value is -3.35. The summed E-state index contributed by atoms with van der Waals surface area (Å²) in [4.78, 5) is 31.4. The number of hydrogen-bond acceptors (Lipinski definition) is 4. The van der Waals surface area contributed by atoms with Crippen molar-refractivity contribution < 1.29 is 9.53 Å². The Balaban J connectivity index is 1.49. The minimum Gasteiger partial charge on any atom is -0.492 e. The van der Waals surface area contributed by atoms with Crippen LogP contribution in [0.5, 0.6) is 5.75 Å². The quantitative estimate of drug-likeness (QED) is 0.693. The molecule has 138 valence electrons. The summed E-state index contributed by atoms with van der Waals surface area (Å²) in [6.45, 7) is 3.70. The Morgan fingerprint density at radius 2 is 1.89 bits per heavy atom. The topological polar surface area (TPSA) is 69.4 Å². The van der Waals surface area contributed by atoms with Crippen LogP contribution in [0.2, 0.25) is 0 Å². The summed E-state index contributed by atoms with van der Waals surface area (Å²) in [6, 6.07) is 12.9. The molecule has 2 aromatic heterocycles. The summed E-state index contributed by atoms with van der Waals surface area (Å²) in [5.41, 5.74) is 1.55. The first kappa shape index (κ1) is 17.1. The molecule has 7 heteroatoms. The van der Waals surface area contributed by atoms with Crippen LogP contribution >= 0.6 is 0 Å². The Labute approximate surface area is 156 Å². The van der Waals surface area contributed by atoms with E-state index in [1.165, 1.54) is 0 Å². The zero-order chi connectivity index (χ0) is 18.8. The zero-order valence-electron chi connectivity index (χ0n) is 15.0. The van der Waals surface area contributed by atoms with Gasteiger partial charge in [0.15, 0.2) is 0 Å². The molecule has 7 nitrogen and oxygen atoms in total. The van der Waals surface area contributed by atoms with Gasteiger partial charge in [-0.3, -0.25) is 9.59 Å². The average molecular weight is 364 g/mol. The molecule has 3 aromatic rings. The highest BCUT2D eigenvalue weighted by molar-refractivity contribution is 5.93. The third-order valence-electron chi connectivity index (χ3n) is 4.62. The van der Waals surface area contributed by atoms with Gasteiger partial charge in [-0.25, -0.2) is 4.98 Å². The molecule has 0 atom stereocenters. The van der Waals surface area contributed by atoms with E-state index in [-0.39, 0.29) is 11.5 Å². The van der Waals surface area contributed by atoms with Crippen LogP contribution in [-0.4, -0.2) is 44.6 Å². The van der Waals surface area contributed by atoms with Crippen LogP contribution in [0.25, 0.3) is 5.69 Å². The number of carbonyl (C=O) groups is 1. The van der Waals surface area contributed by atoms with Crippen molar-refractivity contribution in [1.82, 2.24) is 19.0 Å². The highest BCUT2D eigenvalue weighted by atomic mass is 16.5. The zero-order valence-corrected chi connectivity index (χ0v) is 15.0. The molecule has 0 spiro atoms. The lowest BCUT2D eigenvalue weighted by atomic mass is 10.2. The van der Waals surface area contributed by atoms with Crippen molar-refractivity contribution in [3.8, 4) is 11.4 Å². The summed E-state index contributed by atoms with van der Waals surface area (Å²) < 4.78 is 8.91. The van der Waals surface area contributed by atoms with E-state index >= 15 is 0 Å². The molecule has 0 radical (unpaired) electrons. The van der Waals surface area contributed by atoms with Crippen LogP contribution in [0.15, 0.2) is 59.8 Å². The summed E-state index contributed by atoms with van der Waals surface area (Å²) in [5.74, 6) is 0.627. The van der Waals surface area contributed by atoms with E-state index in [9.17, 15) is 9.59 Å². The van der Waals surface area contributed by atoms with Crippen molar-refractivity contribution in [2.75, 3.05) is 19.7 Å². The number of hydrogen-bond donors (Lipinski definition) is 0. The van der Waals surface area contributed by atoms with Gasteiger partial charge in [-0.1, -0.05) is 18.2 Å². The predicted octanol–water partition coefficient (Wildman–Crippen LogP) is 1.88. The Bertz CT molecular complexity index is 1020. The number of fused-ring (bicyclic) bond motifs is 1. The SMILES string of the molecule is Cc1cn(-c2ccc3n(c2=O)CCN(CCOc2ccccc2)C3=O)cn1. The molecule has 0 saturated heterocycles. The van der Waals surface area contributed by atoms with Gasteiger partial charge in [-0.15, -0.1) is 0 Å². The standard InChI is InChI=1S/C20H20N4O3/c1-15-13-23(14-21-15)17-7-8-18-19(25)22(9-10-24(18)20(17)26)11-12-27-16-5-3-2-4-6-16/h2-8,13-14H,9-12H2,1H3. The molecule has 1 aliphatic rings. The van der Waals surface area contributed by atoms with E-state index in [2.05, 4.69) is 4.98 Å². The van der Waals surface area contributed by atoms with Crippen molar-refractivity contribution >= 4 is 5.91 Å². The highest BCUT2D eigenvalue weighted by Gasteiger charge is 2.26. The first-order chi connectivity index (χ1) is 13.1. The number of imidazole rings is 1. The van der Waals surface area contributed by atoms with Crippen LogP contribution in [0.3, 0.4) is 0 Å². The maximum atomic E-state index is 12.8. The van der Waals surface area contributed by atoms with E-state index in [4.69, 9.17) is 4.74 Å². The number of carbonyl (C=O) groups excluding carboxylic acids is 1. The number of nitrogens with zero attached hydrogens (tertiary/aromatic N) is 4. The maximum Gasteiger partial charge on any atom is 0.275 e. The molecule has 4 rings (SSSR count). The second-order valence-corrected chi connectivity index (χ2v) is 6.44. The minimum absolute atomic E-state index is 0.150. The maximum absolute atomic E-state index is 12.8. The molecule has 0 N–H and O–H groups in total. The van der Waals surface area contributed by atoms with Crippen LogP contribution in [0.1, 0.15) is 16.2 Å². The van der Waals surface area contributed by atoms with Crippen LogP contribution in [0.4, 0.5) is 0 Å². The summed E-state index contributed by atoms with van der Waals surface area (Å²) >= 11 is 0. The fourth-order valence-electron chi connectivity index (χ4n) is 3.21. The smallest absolute Gasteiger partial charge is 0.275 e. The Morgan fingerprint density at radius 1 is 1.07 bits per heavy atom. The van der Waals surface area contributed by atoms with Crippen LogP contribution in [-0.2, 0) is 6.54 Å². The average Bonchev–Trinajstić information content (AvgIpc) is 3.11. The second-order valence-electron chi connectivity index (χ2n) is 6.44. The third-order valence-corrected chi connectivity index (χ3v) is 4.62. The number of ether oxygens (including phenoxy) is 1. The molecule has 0 unspecified atom stereocenters. The van der Waals surface area contributed by atoms with Gasteiger partial charge in [-0.05, 0) is 31.2 Å². The predicted molar refractivity (Wildman–Crippen MR) is 100 cm³/mol. The molecule has 0 aliphatic carbocycles. The molecule has 1 aliphatic heterocycles. The van der Waals surface area contributed by atoms with Crippen molar-refractivity contribution in [1.29, 1.82) is 0 Å². The third kappa shape index (κ3) is 3.36. The number of aryl methyl sites for hydroxylation is 1. The van der Waals surface area contributed by atoms with Gasteiger partial charge in [0.1, 0.15) is 23.7 Å². The molecule has 27 heavy (non-hydrogen) atoms. The number of pyridine rings is 1. The monoisotopic (exact) mass is 364 g/mol. The second kappa shape index (κ2) is 7.11. The Kier molecular flexibility index (Phi) is 4.50. The molecular formula is C20H20N4O3. The van der Waals surface area contributed by atoms with Gasteiger partial charge >= 0.3 is 0 Å². The number of amides is 1. The number of aromatic nitrogens is 3. The lowest BCUT2D eigenvalue weighted by Crippen LogP contribution is -2.46. The summed E-state index contributed by atoms with van der Waals surface area (Å²) in [6.07, 6.45) is 3.40. The van der Waals surface area contributed by atoms with E-state index < -0.39 is 0 Å². The molecule has 0 bridgehead atoms. The van der Waals surface area contributed by atoms with E-state index in [0.717, 1.165) is 11.4 Å². The van der Waals surface area contributed by atoms with Crippen molar-refractivity contribution in [2.24, 2.45) is 0 Å². The molecule has 0 fully saturated rings. The van der Waals surface area contributed by atoms with Crippen molar-refractivity contribution in [3.63, 3.8) is 0 Å². The lowest BCUT2D eigenvalue weighted by Gasteiger charge is -2.29. The molecule has 0 saturated carbocycles. The minimum atomic E-state index is -0.182. The van der Waals surface area contributed by atoms with Gasteiger partial charge in [0.05, 0.1) is 18.6 Å². The Morgan fingerprint density at radius 3 is 2.63 bits per heavy atom. The number of benzene rings is 1. The van der Waals surface area contributed by atoms with Gasteiger partial charge in [0, 0.05) is 19.3 Å². The molecule has 1 amide bonds. The number of rotatable bonds is 5. The van der Waals surface area contributed by atoms with E-state index in [0.29, 0.717) is 37.6 Å². The van der Waals surface area contributed by atoms with Gasteiger partial charge in [0.2, 0.25) is 0 Å². The highest BCUT2D eigenvalue weighted by Crippen LogP contribution is 2.14. The van der Waals surface area contributed by atoms with E-state index in [1.807, 2.05) is 37.3 Å². The summed E-state index contributed by atoms with van der Waals surface area (Å²) in [7, 11) is 0. The number of para-hydroxylation sites is 1. The van der Waals surface area contributed by atoms with E-state index in [1.54, 1.807) is 38.7 Å². The van der Waals surface area contributed by atoms with Gasteiger partial charge in [0.25, 0.3) is 11.5 Å². The largest absolute Gasteiger partial charge is 0.492 e. The fraction of sp³-hybridized carbons (Fsp3) is 0.250. The molecule has 1 aromatic carbocycles. The first-order valence-electron chi connectivity index (χ1n) is 8.85. The summed E-state index contributed by atoms with van der Waals surface area (Å²) in [5, 5.41) is 0. The normalized spacial score (nSPS) is 13.5. The van der Waals surface area contributed by atoms with Crippen LogP contribution in [0, 0.1) is 6.92 Å². The van der Waals surface area contributed by atoms with Crippen molar-refractivity contribution in [2.45, 2.75) is 13.5 Å². The van der Waals surface area contributed by atoms with Crippen molar-refractivity contribution in [3.05, 3.63) is 76.7 Å². The molecular weight excluding hydrogens is 344 g/mol. The molecule has 3 heterocycles. The fourth-order valence-corrected chi connectivity index (χ4v) is 3.21.